The van der Waals surface area contributed by atoms with E-state index in [1.165, 1.54) is 6.92 Å². The molecule has 1 aliphatic heterocycles. The number of ether oxygens (including phenoxy) is 1. The molecule has 4 aromatic carbocycles. The molecule has 0 saturated carbocycles. The molecule has 0 spiro atoms. The summed E-state index contributed by atoms with van der Waals surface area (Å²) in [5.41, 5.74) is 5.31. The summed E-state index contributed by atoms with van der Waals surface area (Å²) in [4.78, 5) is 59.5. The summed E-state index contributed by atoms with van der Waals surface area (Å²) in [6, 6.07) is 24.0. The van der Waals surface area contributed by atoms with E-state index >= 15 is 0 Å². The minimum Gasteiger partial charge on any atom is -0.426 e. The highest BCUT2D eigenvalue weighted by molar-refractivity contribution is 8.76. The van der Waals surface area contributed by atoms with Crippen molar-refractivity contribution in [2.45, 2.75) is 26.2 Å². The molecule has 6 aromatic rings. The Morgan fingerprint density at radius 3 is 2.20 bits per heavy atom. The number of nitrogens with zero attached hydrogens (tertiary/aromatic N) is 1. The molecule has 1 atom stereocenters. The lowest BCUT2D eigenvalue weighted by Crippen LogP contribution is -2.29. The number of fused-ring (bicyclic) bond motifs is 5. The van der Waals surface area contributed by atoms with Gasteiger partial charge in [0.25, 0.3) is 11.8 Å². The molecule has 10 nitrogen and oxygen atoms in total. The molecule has 1 unspecified atom stereocenters. The molecule has 49 heavy (non-hydrogen) atoms. The van der Waals surface area contributed by atoms with Crippen LogP contribution in [0.25, 0.3) is 32.6 Å². The normalized spacial score (nSPS) is 13.9. The Morgan fingerprint density at radius 1 is 0.857 bits per heavy atom. The minimum absolute atomic E-state index is 0.0544. The van der Waals surface area contributed by atoms with E-state index in [1.807, 2.05) is 54.8 Å². The number of aromatic nitrogens is 2. The fourth-order valence-corrected chi connectivity index (χ4v) is 7.62. The molecule has 12 heteroatoms. The maximum atomic E-state index is 14.0. The third kappa shape index (κ3) is 6.49. The van der Waals surface area contributed by atoms with E-state index in [2.05, 4.69) is 27.5 Å². The van der Waals surface area contributed by atoms with Gasteiger partial charge in [0.05, 0.1) is 5.69 Å². The summed E-state index contributed by atoms with van der Waals surface area (Å²) in [7, 11) is 3.27. The van der Waals surface area contributed by atoms with Crippen LogP contribution in [0.1, 0.15) is 52.7 Å². The number of amides is 3. The van der Waals surface area contributed by atoms with Gasteiger partial charge in [-0.3, -0.25) is 19.2 Å². The molecule has 2 aromatic heterocycles. The summed E-state index contributed by atoms with van der Waals surface area (Å²) < 4.78 is 5.56. The maximum Gasteiger partial charge on any atom is 0.308 e. The van der Waals surface area contributed by atoms with Crippen molar-refractivity contribution in [3.63, 3.8) is 0 Å². The van der Waals surface area contributed by atoms with Gasteiger partial charge in [-0.05, 0) is 65.7 Å². The lowest BCUT2D eigenvalue weighted by atomic mass is 9.95. The van der Waals surface area contributed by atoms with Crippen molar-refractivity contribution in [3.05, 3.63) is 95.8 Å². The van der Waals surface area contributed by atoms with Crippen molar-refractivity contribution in [3.8, 4) is 5.75 Å². The van der Waals surface area contributed by atoms with Gasteiger partial charge in [-0.25, -0.2) is 0 Å². The van der Waals surface area contributed by atoms with E-state index in [9.17, 15) is 19.2 Å². The zero-order valence-electron chi connectivity index (χ0n) is 27.0. The van der Waals surface area contributed by atoms with Gasteiger partial charge in [0.2, 0.25) is 5.91 Å². The Kier molecular flexibility index (Phi) is 8.82. The summed E-state index contributed by atoms with van der Waals surface area (Å²) in [5.74, 6) is 0.225. The third-order valence-electron chi connectivity index (χ3n) is 8.55. The molecule has 0 saturated heterocycles. The van der Waals surface area contributed by atoms with Crippen LogP contribution in [0.4, 0.5) is 17.1 Å². The maximum absolute atomic E-state index is 14.0. The molecular weight excluding hydrogens is 659 g/mol. The SMILES string of the molecule is CSSCCC(=O)Nc1ccc2[nH]c(C(=O)Nc3ccc4[nH]c(C(=O)N5CC(C)c6c5cc(OC(C)=O)c5ccccc65)cc4c3)cc2c1. The third-order valence-corrected chi connectivity index (χ3v) is 10.4. The van der Waals surface area contributed by atoms with Crippen LogP contribution in [-0.4, -0.2) is 52.2 Å². The Balaban J connectivity index is 1.09. The number of nitrogens with one attached hydrogen (secondary N) is 4. The number of hydrogen-bond acceptors (Lipinski definition) is 7. The number of rotatable bonds is 9. The van der Waals surface area contributed by atoms with Gasteiger partial charge < -0.3 is 30.2 Å². The van der Waals surface area contributed by atoms with Crippen molar-refractivity contribution in [1.29, 1.82) is 0 Å². The van der Waals surface area contributed by atoms with Crippen molar-refractivity contribution in [1.82, 2.24) is 9.97 Å². The second kappa shape index (κ2) is 13.4. The standard InChI is InChI=1S/C37H33N5O5S2/c1-20-19-42(32-18-33(47-21(2)43)26-6-4-5-7-27(26)35(20)32)37(46)31-17-23-15-25(9-11-29(23)41-31)39-36(45)30-16-22-14-24(8-10-28(22)40-30)38-34(44)12-13-49-48-3/h4-11,14-18,20,40-41H,12-13,19H2,1-3H3,(H,38,44)(H,39,45). The Hall–Kier alpha value is -5.20. The molecular formula is C37H33N5O5S2. The van der Waals surface area contributed by atoms with Crippen LogP contribution in [-0.2, 0) is 9.59 Å². The van der Waals surface area contributed by atoms with E-state index in [4.69, 9.17) is 4.74 Å². The predicted octanol–water partition coefficient (Wildman–Crippen LogP) is 8.08. The largest absolute Gasteiger partial charge is 0.426 e. The second-order valence-electron chi connectivity index (χ2n) is 12.0. The predicted molar refractivity (Wildman–Crippen MR) is 199 cm³/mol. The molecule has 248 valence electrons. The quantitative estimate of drug-likeness (QED) is 0.0521. The number of esters is 1. The van der Waals surface area contributed by atoms with Gasteiger partial charge in [-0.15, -0.1) is 0 Å². The molecule has 7 rings (SSSR count). The van der Waals surface area contributed by atoms with Gasteiger partial charge in [-0.1, -0.05) is 52.8 Å². The topological polar surface area (TPSA) is 136 Å². The van der Waals surface area contributed by atoms with Gasteiger partial charge in [0.15, 0.2) is 0 Å². The van der Waals surface area contributed by atoms with Crippen molar-refractivity contribution in [2.75, 3.05) is 34.1 Å². The molecule has 3 heterocycles. The fraction of sp³-hybridized carbons (Fsp3) is 0.189. The minimum atomic E-state index is -0.427. The van der Waals surface area contributed by atoms with E-state index in [0.717, 1.165) is 49.6 Å². The summed E-state index contributed by atoms with van der Waals surface area (Å²) in [5, 5.41) is 9.21. The highest BCUT2D eigenvalue weighted by atomic mass is 33.1. The summed E-state index contributed by atoms with van der Waals surface area (Å²) in [6.07, 6.45) is 2.41. The van der Waals surface area contributed by atoms with E-state index in [-0.39, 0.29) is 23.6 Å². The lowest BCUT2D eigenvalue weighted by Gasteiger charge is -2.18. The molecule has 0 aliphatic carbocycles. The monoisotopic (exact) mass is 691 g/mol. The lowest BCUT2D eigenvalue weighted by molar-refractivity contribution is -0.131. The first kappa shape index (κ1) is 32.4. The van der Waals surface area contributed by atoms with E-state index < -0.39 is 5.97 Å². The average Bonchev–Trinajstić information content (AvgIpc) is 3.79. The van der Waals surface area contributed by atoms with Crippen LogP contribution >= 0.6 is 21.6 Å². The molecule has 0 fully saturated rings. The highest BCUT2D eigenvalue weighted by Gasteiger charge is 2.34. The first-order chi connectivity index (χ1) is 23.7. The van der Waals surface area contributed by atoms with Crippen molar-refractivity contribution < 1.29 is 23.9 Å². The second-order valence-corrected chi connectivity index (χ2v) is 14.7. The number of carbonyl (C=O) groups excluding carboxylic acids is 4. The number of aromatic amines is 2. The van der Waals surface area contributed by atoms with Gasteiger partial charge in [0.1, 0.15) is 17.1 Å². The summed E-state index contributed by atoms with van der Waals surface area (Å²) >= 11 is 0. The van der Waals surface area contributed by atoms with E-state index in [0.29, 0.717) is 41.5 Å². The zero-order valence-corrected chi connectivity index (χ0v) is 28.6. The van der Waals surface area contributed by atoms with Crippen molar-refractivity contribution >= 4 is 94.9 Å². The van der Waals surface area contributed by atoms with Crippen LogP contribution in [0.3, 0.4) is 0 Å². The number of H-pyrrole nitrogens is 2. The molecule has 3 amide bonds. The number of carbonyl (C=O) groups is 4. The highest BCUT2D eigenvalue weighted by Crippen LogP contribution is 2.45. The van der Waals surface area contributed by atoms with Crippen LogP contribution in [0.2, 0.25) is 0 Å². The van der Waals surface area contributed by atoms with Gasteiger partial charge in [-0.2, -0.15) is 0 Å². The van der Waals surface area contributed by atoms with Crippen molar-refractivity contribution in [2.24, 2.45) is 0 Å². The Morgan fingerprint density at radius 2 is 1.51 bits per heavy atom. The van der Waals surface area contributed by atoms with Gasteiger partial charge in [0, 0.05) is 76.2 Å². The average molecular weight is 692 g/mol. The Labute approximate surface area is 289 Å². The fourth-order valence-electron chi connectivity index (χ4n) is 6.43. The molecule has 4 N–H and O–H groups in total. The van der Waals surface area contributed by atoms with Gasteiger partial charge >= 0.3 is 5.97 Å². The molecule has 1 aliphatic rings. The number of benzene rings is 4. The molecule has 0 radical (unpaired) electrons. The van der Waals surface area contributed by atoms with Crippen LogP contribution in [0, 0.1) is 0 Å². The van der Waals surface area contributed by atoms with Crippen LogP contribution in [0.5, 0.6) is 5.75 Å². The first-order valence-electron chi connectivity index (χ1n) is 15.8. The van der Waals surface area contributed by atoms with Crippen LogP contribution < -0.4 is 20.3 Å². The number of hydrogen-bond donors (Lipinski definition) is 4. The van der Waals surface area contributed by atoms with E-state index in [1.54, 1.807) is 56.8 Å². The zero-order chi connectivity index (χ0) is 34.2. The summed E-state index contributed by atoms with van der Waals surface area (Å²) in [6.45, 7) is 3.93. The molecule has 0 bridgehead atoms. The Bertz CT molecular complexity index is 2290. The van der Waals surface area contributed by atoms with Crippen LogP contribution in [0.15, 0.2) is 78.9 Å². The smallest absolute Gasteiger partial charge is 0.308 e. The first-order valence-corrected chi connectivity index (χ1v) is 18.5. The number of anilines is 3.